The molecule has 2 N–H and O–H groups in total. The van der Waals surface area contributed by atoms with Crippen molar-refractivity contribution in [2.75, 3.05) is 7.11 Å². The van der Waals surface area contributed by atoms with Crippen molar-refractivity contribution in [2.45, 2.75) is 12.5 Å². The van der Waals surface area contributed by atoms with Crippen molar-refractivity contribution in [3.05, 3.63) is 59.4 Å². The van der Waals surface area contributed by atoms with Crippen LogP contribution in [0.5, 0.6) is 0 Å². The van der Waals surface area contributed by atoms with Crippen molar-refractivity contribution in [2.24, 2.45) is 0 Å². The molecule has 2 aromatic rings. The fourth-order valence-corrected chi connectivity index (χ4v) is 2.34. The normalized spacial score (nSPS) is 11.6. The molecule has 27 heavy (non-hydrogen) atoms. The van der Waals surface area contributed by atoms with E-state index in [0.29, 0.717) is 5.56 Å². The maximum absolute atomic E-state index is 13.4. The van der Waals surface area contributed by atoms with Crippen LogP contribution in [0, 0.1) is 17.5 Å². The molecule has 0 radical (unpaired) electrons. The molecule has 0 fully saturated rings. The van der Waals surface area contributed by atoms with Crippen LogP contribution in [0.2, 0.25) is 0 Å². The summed E-state index contributed by atoms with van der Waals surface area (Å²) in [4.78, 5) is 34.1. The van der Waals surface area contributed by atoms with E-state index < -0.39 is 47.8 Å². The molecule has 1 unspecified atom stereocenters. The highest BCUT2D eigenvalue weighted by Gasteiger charge is 2.24. The Balaban J connectivity index is 2.30. The van der Waals surface area contributed by atoms with Gasteiger partial charge in [-0.2, -0.15) is 0 Å². The predicted molar refractivity (Wildman–Crippen MR) is 86.9 cm³/mol. The van der Waals surface area contributed by atoms with Crippen LogP contribution >= 0.6 is 0 Å². The summed E-state index contributed by atoms with van der Waals surface area (Å²) in [5.74, 6) is -7.37. The monoisotopic (exact) mass is 381 g/mol. The molecule has 1 atom stereocenters. The standard InChI is InChI=1S/C18H14F3NO5/c1-27-18(26)17(22-14(23)8-15(24)25)10-4-2-9(3-5-10)11-6-12(19)16(21)13(20)7-11/h2-7,17H,8H2,1H3,(H,22,23)(H,24,25). The summed E-state index contributed by atoms with van der Waals surface area (Å²) in [7, 11) is 1.09. The molecule has 1 amide bonds. The van der Waals surface area contributed by atoms with E-state index in [0.717, 1.165) is 19.2 Å². The maximum Gasteiger partial charge on any atom is 0.333 e. The molecule has 0 heterocycles. The highest BCUT2D eigenvalue weighted by molar-refractivity contribution is 5.95. The van der Waals surface area contributed by atoms with Gasteiger partial charge in [-0.25, -0.2) is 18.0 Å². The van der Waals surface area contributed by atoms with E-state index in [2.05, 4.69) is 10.1 Å². The number of aliphatic carboxylic acids is 1. The van der Waals surface area contributed by atoms with E-state index in [-0.39, 0.29) is 11.1 Å². The minimum Gasteiger partial charge on any atom is -0.481 e. The first-order chi connectivity index (χ1) is 12.7. The number of hydrogen-bond donors (Lipinski definition) is 2. The Morgan fingerprint density at radius 3 is 2.07 bits per heavy atom. The molecule has 9 heteroatoms. The summed E-state index contributed by atoms with van der Waals surface area (Å²) in [5.41, 5.74) is 0.659. The molecule has 142 valence electrons. The van der Waals surface area contributed by atoms with Gasteiger partial charge >= 0.3 is 11.9 Å². The summed E-state index contributed by atoms with van der Waals surface area (Å²) < 4.78 is 44.4. The smallest absolute Gasteiger partial charge is 0.333 e. The highest BCUT2D eigenvalue weighted by Crippen LogP contribution is 2.26. The van der Waals surface area contributed by atoms with E-state index in [4.69, 9.17) is 5.11 Å². The van der Waals surface area contributed by atoms with E-state index >= 15 is 0 Å². The van der Waals surface area contributed by atoms with Crippen molar-refractivity contribution >= 4 is 17.8 Å². The van der Waals surface area contributed by atoms with Gasteiger partial charge in [-0.05, 0) is 28.8 Å². The molecule has 0 bridgehead atoms. The highest BCUT2D eigenvalue weighted by atomic mass is 19.2. The Labute approximate surface area is 151 Å². The number of benzene rings is 2. The van der Waals surface area contributed by atoms with Gasteiger partial charge in [0.15, 0.2) is 23.5 Å². The Morgan fingerprint density at radius 2 is 1.59 bits per heavy atom. The Bertz CT molecular complexity index is 860. The lowest BCUT2D eigenvalue weighted by Gasteiger charge is -2.17. The largest absolute Gasteiger partial charge is 0.481 e. The SMILES string of the molecule is COC(=O)C(NC(=O)CC(=O)O)c1ccc(-c2cc(F)c(F)c(F)c2)cc1. The molecule has 0 saturated carbocycles. The topological polar surface area (TPSA) is 92.7 Å². The van der Waals surface area contributed by atoms with Gasteiger partial charge in [-0.1, -0.05) is 24.3 Å². The summed E-state index contributed by atoms with van der Waals surface area (Å²) in [5, 5.41) is 10.9. The fourth-order valence-electron chi connectivity index (χ4n) is 2.34. The second-order valence-corrected chi connectivity index (χ2v) is 5.47. The number of carbonyl (C=O) groups excluding carboxylic acids is 2. The molecule has 0 aromatic heterocycles. The van der Waals surface area contributed by atoms with Crippen molar-refractivity contribution in [3.8, 4) is 11.1 Å². The van der Waals surface area contributed by atoms with Crippen molar-refractivity contribution in [1.82, 2.24) is 5.32 Å². The number of carboxylic acid groups (broad SMARTS) is 1. The first-order valence-corrected chi connectivity index (χ1v) is 7.56. The minimum atomic E-state index is -1.58. The van der Waals surface area contributed by atoms with Gasteiger partial charge in [-0.3, -0.25) is 9.59 Å². The first kappa shape index (κ1) is 20.0. The third kappa shape index (κ3) is 4.84. The third-order valence-electron chi connectivity index (χ3n) is 3.62. The molecule has 0 saturated heterocycles. The van der Waals surface area contributed by atoms with Gasteiger partial charge in [0.1, 0.15) is 6.42 Å². The summed E-state index contributed by atoms with van der Waals surface area (Å²) in [6.45, 7) is 0. The molecule has 0 aliphatic rings. The zero-order chi connectivity index (χ0) is 20.1. The Kier molecular flexibility index (Phi) is 6.17. The Hall–Kier alpha value is -3.36. The van der Waals surface area contributed by atoms with Crippen LogP contribution in [-0.4, -0.2) is 30.1 Å². The number of rotatable bonds is 6. The van der Waals surface area contributed by atoms with Gasteiger partial charge in [0.2, 0.25) is 5.91 Å². The fraction of sp³-hybridized carbons (Fsp3) is 0.167. The van der Waals surface area contributed by atoms with E-state index in [1.54, 1.807) is 0 Å². The first-order valence-electron chi connectivity index (χ1n) is 7.56. The Morgan fingerprint density at radius 1 is 1.04 bits per heavy atom. The number of methoxy groups -OCH3 is 1. The van der Waals surface area contributed by atoms with Crippen molar-refractivity contribution in [1.29, 1.82) is 0 Å². The number of halogens is 3. The zero-order valence-electron chi connectivity index (χ0n) is 14.0. The summed E-state index contributed by atoms with van der Waals surface area (Å²) in [6, 6.07) is 5.95. The predicted octanol–water partition coefficient (Wildman–Crippen LogP) is 2.58. The van der Waals surface area contributed by atoms with Crippen LogP contribution < -0.4 is 5.32 Å². The number of carboxylic acids is 1. The lowest BCUT2D eigenvalue weighted by Crippen LogP contribution is -2.35. The quantitative estimate of drug-likeness (QED) is 0.456. The lowest BCUT2D eigenvalue weighted by atomic mass is 10.00. The molecule has 2 aromatic carbocycles. The average Bonchev–Trinajstić information content (AvgIpc) is 2.62. The van der Waals surface area contributed by atoms with Gasteiger partial charge in [0.05, 0.1) is 7.11 Å². The van der Waals surface area contributed by atoms with Gasteiger partial charge in [0, 0.05) is 0 Å². The third-order valence-corrected chi connectivity index (χ3v) is 3.62. The van der Waals surface area contributed by atoms with E-state index in [1.807, 2.05) is 0 Å². The van der Waals surface area contributed by atoms with Gasteiger partial charge in [-0.15, -0.1) is 0 Å². The second kappa shape index (κ2) is 8.35. The van der Waals surface area contributed by atoms with Crippen molar-refractivity contribution < 1.29 is 37.4 Å². The molecule has 6 nitrogen and oxygen atoms in total. The van der Waals surface area contributed by atoms with Gasteiger partial charge < -0.3 is 15.2 Å². The van der Waals surface area contributed by atoms with E-state index in [9.17, 15) is 27.6 Å². The summed E-state index contributed by atoms with van der Waals surface area (Å²) in [6.07, 6.45) is -0.834. The number of esters is 1. The average molecular weight is 381 g/mol. The van der Waals surface area contributed by atoms with E-state index in [1.165, 1.54) is 24.3 Å². The molecular formula is C18H14F3NO5. The number of ether oxygens (including phenoxy) is 1. The maximum atomic E-state index is 13.4. The lowest BCUT2D eigenvalue weighted by molar-refractivity contribution is -0.147. The molecule has 0 aliphatic carbocycles. The zero-order valence-corrected chi connectivity index (χ0v) is 14.0. The van der Waals surface area contributed by atoms with Crippen LogP contribution in [0.1, 0.15) is 18.0 Å². The number of carbonyl (C=O) groups is 3. The van der Waals surface area contributed by atoms with Crippen LogP contribution in [0.3, 0.4) is 0 Å². The number of amides is 1. The molecule has 0 spiro atoms. The van der Waals surface area contributed by atoms with Crippen LogP contribution in [-0.2, 0) is 19.1 Å². The summed E-state index contributed by atoms with van der Waals surface area (Å²) >= 11 is 0. The second-order valence-electron chi connectivity index (χ2n) is 5.47. The molecular weight excluding hydrogens is 367 g/mol. The van der Waals surface area contributed by atoms with Crippen LogP contribution in [0.25, 0.3) is 11.1 Å². The molecule has 0 aliphatic heterocycles. The van der Waals surface area contributed by atoms with Crippen molar-refractivity contribution in [3.63, 3.8) is 0 Å². The van der Waals surface area contributed by atoms with Gasteiger partial charge in [0.25, 0.3) is 0 Å². The minimum absolute atomic E-state index is 0.0717. The van der Waals surface area contributed by atoms with Crippen LogP contribution in [0.15, 0.2) is 36.4 Å². The number of hydrogen-bond acceptors (Lipinski definition) is 4. The number of nitrogens with one attached hydrogen (secondary N) is 1. The van der Waals surface area contributed by atoms with Crippen LogP contribution in [0.4, 0.5) is 13.2 Å². The molecule has 2 rings (SSSR count).